The van der Waals surface area contributed by atoms with E-state index in [9.17, 15) is 9.59 Å². The van der Waals surface area contributed by atoms with E-state index in [0.29, 0.717) is 11.8 Å². The molecule has 3 aliphatic heterocycles. The van der Waals surface area contributed by atoms with Crippen molar-refractivity contribution < 1.29 is 9.59 Å². The van der Waals surface area contributed by atoms with Crippen molar-refractivity contribution in [3.63, 3.8) is 0 Å². The van der Waals surface area contributed by atoms with Crippen molar-refractivity contribution in [2.45, 2.75) is 118 Å². The van der Waals surface area contributed by atoms with Crippen LogP contribution >= 0.6 is 0 Å². The largest absolute Gasteiger partial charge is 0.300 e. The third kappa shape index (κ3) is 7.35. The highest BCUT2D eigenvalue weighted by Gasteiger charge is 2.41. The minimum Gasteiger partial charge on any atom is -0.300 e. The van der Waals surface area contributed by atoms with E-state index in [0.717, 1.165) is 12.5 Å². The van der Waals surface area contributed by atoms with Gasteiger partial charge in [-0.15, -0.1) is 0 Å². The molecule has 1 N–H and O–H groups in total. The Balaban J connectivity index is 0.000000443. The lowest BCUT2D eigenvalue weighted by molar-refractivity contribution is -0.127. The number of unbranched alkanes of at least 4 members (excludes halogenated alkanes) is 3. The van der Waals surface area contributed by atoms with Crippen molar-refractivity contribution in [3.8, 4) is 0 Å². The van der Waals surface area contributed by atoms with Crippen LogP contribution in [-0.4, -0.2) is 35.8 Å². The van der Waals surface area contributed by atoms with E-state index in [4.69, 9.17) is 0 Å². The van der Waals surface area contributed by atoms with Crippen molar-refractivity contribution >= 4 is 11.8 Å². The fraction of sp³-hybridized carbons (Fsp3) is 0.923. The van der Waals surface area contributed by atoms with Gasteiger partial charge in [0.15, 0.2) is 0 Å². The van der Waals surface area contributed by atoms with Crippen molar-refractivity contribution in [2.75, 3.05) is 13.1 Å². The summed E-state index contributed by atoms with van der Waals surface area (Å²) in [7, 11) is 0. The molecule has 3 saturated heterocycles. The fourth-order valence-electron chi connectivity index (χ4n) is 5.17. The van der Waals surface area contributed by atoms with E-state index < -0.39 is 0 Å². The Hall–Kier alpha value is -0.900. The molecule has 0 aromatic rings. The second-order valence-electron chi connectivity index (χ2n) is 11.6. The molecule has 3 fully saturated rings. The number of imide groups is 1. The maximum absolute atomic E-state index is 11.9. The molecule has 0 spiro atoms. The van der Waals surface area contributed by atoms with E-state index >= 15 is 0 Å². The molecule has 0 aromatic carbocycles. The first-order chi connectivity index (χ1) is 14.1. The van der Waals surface area contributed by atoms with Crippen molar-refractivity contribution in [1.29, 1.82) is 0 Å². The third-order valence-electron chi connectivity index (χ3n) is 8.24. The van der Waals surface area contributed by atoms with Gasteiger partial charge in [0.1, 0.15) is 0 Å². The van der Waals surface area contributed by atoms with E-state index in [1.807, 2.05) is 0 Å². The quantitative estimate of drug-likeness (QED) is 0.332. The van der Waals surface area contributed by atoms with Gasteiger partial charge >= 0.3 is 0 Å². The molecule has 3 heterocycles. The molecule has 174 valence electrons. The van der Waals surface area contributed by atoms with Crippen LogP contribution in [0.3, 0.4) is 0 Å². The molecule has 0 bridgehead atoms. The molecule has 0 saturated carbocycles. The molecule has 3 rings (SSSR count). The maximum Gasteiger partial charge on any atom is 0.230 e. The van der Waals surface area contributed by atoms with Crippen molar-refractivity contribution in [3.05, 3.63) is 0 Å². The van der Waals surface area contributed by atoms with Gasteiger partial charge in [0.2, 0.25) is 11.8 Å². The average molecular weight is 421 g/mol. The van der Waals surface area contributed by atoms with Crippen LogP contribution in [0.4, 0.5) is 0 Å². The lowest BCUT2D eigenvalue weighted by atomic mass is 9.68. The number of carbonyl (C=O) groups is 2. The zero-order valence-electron chi connectivity index (χ0n) is 20.7. The summed E-state index contributed by atoms with van der Waals surface area (Å²) in [6, 6.07) is 1.05. The third-order valence-corrected chi connectivity index (χ3v) is 8.24. The van der Waals surface area contributed by atoms with E-state index in [1.54, 1.807) is 0 Å². The fourth-order valence-corrected chi connectivity index (χ4v) is 5.17. The molecular weight excluding hydrogens is 372 g/mol. The van der Waals surface area contributed by atoms with Gasteiger partial charge in [0.05, 0.1) is 5.92 Å². The molecule has 0 aliphatic carbocycles. The highest BCUT2D eigenvalue weighted by atomic mass is 16.2. The topological polar surface area (TPSA) is 49.4 Å². The van der Waals surface area contributed by atoms with Gasteiger partial charge in [-0.25, -0.2) is 0 Å². The molecule has 2 unspecified atom stereocenters. The highest BCUT2D eigenvalue weighted by molar-refractivity contribution is 6.03. The number of piperidine rings is 1. The number of hydrogen-bond acceptors (Lipinski definition) is 3. The number of nitrogens with zero attached hydrogens (tertiary/aromatic N) is 1. The van der Waals surface area contributed by atoms with Gasteiger partial charge in [-0.2, -0.15) is 0 Å². The van der Waals surface area contributed by atoms with Gasteiger partial charge < -0.3 is 4.90 Å². The molecule has 2 atom stereocenters. The summed E-state index contributed by atoms with van der Waals surface area (Å²) >= 11 is 0. The Kier molecular flexibility index (Phi) is 9.39. The summed E-state index contributed by atoms with van der Waals surface area (Å²) in [6.07, 6.45) is 13.5. The number of nitrogens with one attached hydrogen (secondary N) is 1. The molecule has 0 radical (unpaired) electrons. The standard InChI is InChI=1S/C21H39NO2.C5H9N/c1-7-8-9-10-12-20(3,4)13-11-14-21(5,6)16(2)17-15-18(23)22-19(17)24;1-3-6-4-2-5(1)6/h16-17H,7-15H2,1-6H3,(H,22,23,24);5H,1-4H2. The summed E-state index contributed by atoms with van der Waals surface area (Å²) in [5, 5.41) is 2.46. The molecule has 4 nitrogen and oxygen atoms in total. The Morgan fingerprint density at radius 2 is 1.57 bits per heavy atom. The molecule has 30 heavy (non-hydrogen) atoms. The summed E-state index contributed by atoms with van der Waals surface area (Å²) in [5.74, 6) is -0.0936. The number of carbonyl (C=O) groups excluding carboxylic acids is 2. The maximum atomic E-state index is 11.9. The first-order valence-electron chi connectivity index (χ1n) is 12.6. The van der Waals surface area contributed by atoms with Gasteiger partial charge in [-0.05, 0) is 61.9 Å². The minimum absolute atomic E-state index is 0.0724. The predicted molar refractivity (Wildman–Crippen MR) is 125 cm³/mol. The Morgan fingerprint density at radius 3 is 2.00 bits per heavy atom. The van der Waals surface area contributed by atoms with Crippen LogP contribution < -0.4 is 5.32 Å². The number of fused-ring (bicyclic) bond motifs is 1. The zero-order chi connectivity index (χ0) is 22.4. The van der Waals surface area contributed by atoms with Gasteiger partial charge in [0.25, 0.3) is 0 Å². The summed E-state index contributed by atoms with van der Waals surface area (Å²) in [5.41, 5.74) is 0.499. The monoisotopic (exact) mass is 420 g/mol. The highest BCUT2D eigenvalue weighted by Crippen LogP contribution is 2.41. The van der Waals surface area contributed by atoms with Crippen LogP contribution in [0.5, 0.6) is 0 Å². The Labute approximate surface area is 185 Å². The Morgan fingerprint density at radius 1 is 0.967 bits per heavy atom. The lowest BCUT2D eigenvalue weighted by Crippen LogP contribution is -2.57. The second-order valence-corrected chi connectivity index (χ2v) is 11.6. The Bertz CT molecular complexity index is 551. The van der Waals surface area contributed by atoms with Crippen molar-refractivity contribution in [1.82, 2.24) is 10.2 Å². The zero-order valence-corrected chi connectivity index (χ0v) is 20.7. The van der Waals surface area contributed by atoms with Crippen LogP contribution in [-0.2, 0) is 9.59 Å². The summed E-state index contributed by atoms with van der Waals surface area (Å²) in [6.45, 7) is 16.5. The van der Waals surface area contributed by atoms with Crippen LogP contribution in [0, 0.1) is 22.7 Å². The minimum atomic E-state index is -0.144. The molecule has 3 aliphatic rings. The van der Waals surface area contributed by atoms with E-state index in [1.165, 1.54) is 70.9 Å². The summed E-state index contributed by atoms with van der Waals surface area (Å²) < 4.78 is 0. The smallest absolute Gasteiger partial charge is 0.230 e. The van der Waals surface area contributed by atoms with Gasteiger partial charge in [-0.1, -0.05) is 73.6 Å². The normalized spacial score (nSPS) is 23.1. The predicted octanol–water partition coefficient (Wildman–Crippen LogP) is 5.94. The number of rotatable bonds is 11. The average Bonchev–Trinajstić information content (AvgIpc) is 2.99. The molecule has 4 heteroatoms. The van der Waals surface area contributed by atoms with Crippen LogP contribution in [0.25, 0.3) is 0 Å². The number of hydrogen-bond donors (Lipinski definition) is 1. The molecular formula is C26H48N2O2. The van der Waals surface area contributed by atoms with Crippen LogP contribution in [0.2, 0.25) is 0 Å². The number of amides is 2. The van der Waals surface area contributed by atoms with Crippen LogP contribution in [0.1, 0.15) is 112 Å². The molecule has 0 aromatic heterocycles. The molecule has 2 amide bonds. The first-order valence-corrected chi connectivity index (χ1v) is 12.6. The van der Waals surface area contributed by atoms with Gasteiger partial charge in [0, 0.05) is 12.5 Å². The lowest BCUT2D eigenvalue weighted by Gasteiger charge is -2.50. The van der Waals surface area contributed by atoms with Crippen molar-refractivity contribution in [2.24, 2.45) is 22.7 Å². The van der Waals surface area contributed by atoms with Crippen LogP contribution in [0.15, 0.2) is 0 Å². The van der Waals surface area contributed by atoms with E-state index in [-0.39, 0.29) is 29.1 Å². The van der Waals surface area contributed by atoms with Gasteiger partial charge in [-0.3, -0.25) is 14.9 Å². The summed E-state index contributed by atoms with van der Waals surface area (Å²) in [4.78, 5) is 25.9. The second kappa shape index (κ2) is 11.1. The first kappa shape index (κ1) is 25.4. The SMILES string of the molecule is C1CN2CCC12.CCCCCCC(C)(C)CCCC(C)(C)C(C)C1CC(=O)NC1=O. The van der Waals surface area contributed by atoms with E-state index in [2.05, 4.69) is 51.8 Å².